The zero-order valence-electron chi connectivity index (χ0n) is 9.03. The summed E-state index contributed by atoms with van der Waals surface area (Å²) in [5, 5.41) is 3.20. The average Bonchev–Trinajstić information content (AvgIpc) is 2.14. The minimum atomic E-state index is -0.393. The molecule has 0 spiro atoms. The van der Waals surface area contributed by atoms with Gasteiger partial charge >= 0.3 is 0 Å². The second kappa shape index (κ2) is 4.43. The van der Waals surface area contributed by atoms with Crippen LogP contribution < -0.4 is 16.0 Å². The molecule has 4 nitrogen and oxygen atoms in total. The number of likely N-dealkylation sites (N-methyl/N-ethyl adjacent to an activating group) is 1. The molecule has 1 aliphatic rings. The van der Waals surface area contributed by atoms with E-state index in [0.717, 1.165) is 23.2 Å². The van der Waals surface area contributed by atoms with Crippen LogP contribution in [-0.2, 0) is 0 Å². The molecule has 0 radical (unpaired) electrons. The fourth-order valence-corrected chi connectivity index (χ4v) is 2.12. The third-order valence-electron chi connectivity index (χ3n) is 2.91. The van der Waals surface area contributed by atoms with Gasteiger partial charge in [-0.1, -0.05) is 15.9 Å². The lowest BCUT2D eigenvalue weighted by atomic mass is 10.1. The number of anilines is 1. The van der Waals surface area contributed by atoms with E-state index in [-0.39, 0.29) is 0 Å². The Morgan fingerprint density at radius 1 is 1.56 bits per heavy atom. The van der Waals surface area contributed by atoms with E-state index in [4.69, 9.17) is 5.73 Å². The second-order valence-corrected chi connectivity index (χ2v) is 4.86. The number of hydrogen-bond donors (Lipinski definition) is 2. The summed E-state index contributed by atoms with van der Waals surface area (Å²) in [6, 6.07) is 6.05. The van der Waals surface area contributed by atoms with Crippen LogP contribution in [0.2, 0.25) is 0 Å². The van der Waals surface area contributed by atoms with Crippen LogP contribution in [-0.4, -0.2) is 32.1 Å². The smallest absolute Gasteiger partial charge is 0.250 e. The van der Waals surface area contributed by atoms with Gasteiger partial charge in [0.1, 0.15) is 0 Å². The number of rotatable bonds is 3. The molecule has 0 atom stereocenters. The van der Waals surface area contributed by atoms with Gasteiger partial charge in [-0.2, -0.15) is 0 Å². The Morgan fingerprint density at radius 2 is 2.25 bits per heavy atom. The predicted octanol–water partition coefficient (Wildman–Crippen LogP) is 0.956. The summed E-state index contributed by atoms with van der Waals surface area (Å²) in [4.78, 5) is 13.5. The lowest BCUT2D eigenvalue weighted by molar-refractivity contribution is 0.100. The van der Waals surface area contributed by atoms with E-state index < -0.39 is 5.91 Å². The molecule has 1 aromatic carbocycles. The van der Waals surface area contributed by atoms with Crippen molar-refractivity contribution < 1.29 is 4.79 Å². The van der Waals surface area contributed by atoms with Gasteiger partial charge in [-0.25, -0.2) is 0 Å². The fourth-order valence-electron chi connectivity index (χ4n) is 1.76. The first-order valence-electron chi connectivity index (χ1n) is 5.12. The molecule has 86 valence electrons. The van der Waals surface area contributed by atoms with Crippen molar-refractivity contribution in [2.45, 2.75) is 6.04 Å². The minimum absolute atomic E-state index is 0.393. The number of benzene rings is 1. The molecule has 1 aromatic rings. The minimum Gasteiger partial charge on any atom is -0.368 e. The fraction of sp³-hybridized carbons (Fsp3) is 0.364. The summed E-state index contributed by atoms with van der Waals surface area (Å²) in [7, 11) is 1.99. The number of nitrogens with two attached hydrogens (primary N) is 1. The third kappa shape index (κ3) is 2.05. The maximum absolute atomic E-state index is 11.4. The highest BCUT2D eigenvalue weighted by Crippen LogP contribution is 2.25. The Bertz CT molecular complexity index is 418. The van der Waals surface area contributed by atoms with Crippen molar-refractivity contribution >= 4 is 27.5 Å². The molecule has 0 aromatic heterocycles. The Labute approximate surface area is 103 Å². The number of carbonyl (C=O) groups is 1. The molecular formula is C11H14BrN3O. The van der Waals surface area contributed by atoms with E-state index in [1.54, 1.807) is 6.07 Å². The average molecular weight is 284 g/mol. The first-order chi connectivity index (χ1) is 7.59. The number of hydrogen-bond acceptors (Lipinski definition) is 3. The lowest BCUT2D eigenvalue weighted by Gasteiger charge is -2.37. The summed E-state index contributed by atoms with van der Waals surface area (Å²) in [5.74, 6) is -0.393. The molecule has 1 aliphatic heterocycles. The van der Waals surface area contributed by atoms with Crippen molar-refractivity contribution in [3.05, 3.63) is 28.2 Å². The molecule has 0 unspecified atom stereocenters. The number of halogens is 1. The largest absolute Gasteiger partial charge is 0.368 e. The molecule has 0 saturated carbocycles. The van der Waals surface area contributed by atoms with Crippen LogP contribution in [0.15, 0.2) is 22.7 Å². The standard InChI is InChI=1S/C11H14BrN3O/c1-15(8-5-14-6-8)10-3-2-7(12)4-9(10)11(13)16/h2-4,8,14H,5-6H2,1H3,(H2,13,16). The molecule has 1 saturated heterocycles. The number of carbonyl (C=O) groups excluding carboxylic acids is 1. The topological polar surface area (TPSA) is 58.4 Å². The summed E-state index contributed by atoms with van der Waals surface area (Å²) >= 11 is 3.34. The Kier molecular flexibility index (Phi) is 3.16. The summed E-state index contributed by atoms with van der Waals surface area (Å²) in [6.07, 6.45) is 0. The van der Waals surface area contributed by atoms with E-state index in [0.29, 0.717) is 11.6 Å². The summed E-state index contributed by atoms with van der Waals surface area (Å²) in [6.45, 7) is 1.90. The van der Waals surface area contributed by atoms with Gasteiger partial charge in [0.15, 0.2) is 0 Å². The third-order valence-corrected chi connectivity index (χ3v) is 3.40. The Morgan fingerprint density at radius 3 is 2.75 bits per heavy atom. The van der Waals surface area contributed by atoms with Gasteiger partial charge in [0.05, 0.1) is 11.6 Å². The first kappa shape index (κ1) is 11.4. The normalized spacial score (nSPS) is 15.6. The van der Waals surface area contributed by atoms with Crippen LogP contribution in [0.3, 0.4) is 0 Å². The van der Waals surface area contributed by atoms with Crippen LogP contribution in [0.4, 0.5) is 5.69 Å². The maximum Gasteiger partial charge on any atom is 0.250 e. The van der Waals surface area contributed by atoms with Crippen LogP contribution in [0.5, 0.6) is 0 Å². The van der Waals surface area contributed by atoms with E-state index in [1.165, 1.54) is 0 Å². The van der Waals surface area contributed by atoms with Crippen LogP contribution in [0, 0.1) is 0 Å². The van der Waals surface area contributed by atoms with E-state index >= 15 is 0 Å². The van der Waals surface area contributed by atoms with Crippen molar-refractivity contribution in [1.29, 1.82) is 0 Å². The zero-order chi connectivity index (χ0) is 11.7. The van der Waals surface area contributed by atoms with Crippen molar-refractivity contribution in [1.82, 2.24) is 5.32 Å². The van der Waals surface area contributed by atoms with Crippen LogP contribution in [0.25, 0.3) is 0 Å². The van der Waals surface area contributed by atoms with Crippen molar-refractivity contribution in [3.8, 4) is 0 Å². The van der Waals surface area contributed by atoms with E-state index in [2.05, 4.69) is 26.1 Å². The van der Waals surface area contributed by atoms with Crippen LogP contribution >= 0.6 is 15.9 Å². The maximum atomic E-state index is 11.4. The van der Waals surface area contributed by atoms with E-state index in [9.17, 15) is 4.79 Å². The van der Waals surface area contributed by atoms with Gasteiger partial charge in [-0.05, 0) is 18.2 Å². The zero-order valence-corrected chi connectivity index (χ0v) is 10.6. The highest BCUT2D eigenvalue weighted by atomic mass is 79.9. The lowest BCUT2D eigenvalue weighted by Crippen LogP contribution is -2.56. The van der Waals surface area contributed by atoms with E-state index in [1.807, 2.05) is 19.2 Å². The quantitative estimate of drug-likeness (QED) is 0.869. The molecule has 1 fully saturated rings. The summed E-state index contributed by atoms with van der Waals surface area (Å²) in [5.41, 5.74) is 6.83. The van der Waals surface area contributed by atoms with Crippen molar-refractivity contribution in [3.63, 3.8) is 0 Å². The predicted molar refractivity (Wildman–Crippen MR) is 67.7 cm³/mol. The molecule has 2 rings (SSSR count). The van der Waals surface area contributed by atoms with Crippen LogP contribution in [0.1, 0.15) is 10.4 Å². The Balaban J connectivity index is 2.34. The van der Waals surface area contributed by atoms with Gasteiger partial charge in [0, 0.05) is 30.3 Å². The van der Waals surface area contributed by atoms with Gasteiger partial charge in [0.25, 0.3) is 5.91 Å². The molecule has 16 heavy (non-hydrogen) atoms. The van der Waals surface area contributed by atoms with Gasteiger partial charge in [0.2, 0.25) is 0 Å². The number of nitrogens with zero attached hydrogens (tertiary/aromatic N) is 1. The molecule has 1 heterocycles. The van der Waals surface area contributed by atoms with Gasteiger partial charge < -0.3 is 16.0 Å². The number of primary amides is 1. The molecule has 3 N–H and O–H groups in total. The SMILES string of the molecule is CN(c1ccc(Br)cc1C(N)=O)C1CNC1. The van der Waals surface area contributed by atoms with Crippen molar-refractivity contribution in [2.24, 2.45) is 5.73 Å². The van der Waals surface area contributed by atoms with Crippen molar-refractivity contribution in [2.75, 3.05) is 25.0 Å². The molecular weight excluding hydrogens is 270 g/mol. The van der Waals surface area contributed by atoms with Gasteiger partial charge in [-0.15, -0.1) is 0 Å². The molecule has 5 heteroatoms. The Hall–Kier alpha value is -1.07. The van der Waals surface area contributed by atoms with Gasteiger partial charge in [-0.3, -0.25) is 4.79 Å². The monoisotopic (exact) mass is 283 g/mol. The second-order valence-electron chi connectivity index (χ2n) is 3.95. The number of amides is 1. The summed E-state index contributed by atoms with van der Waals surface area (Å²) < 4.78 is 0.866. The first-order valence-corrected chi connectivity index (χ1v) is 5.92. The molecule has 0 bridgehead atoms. The highest BCUT2D eigenvalue weighted by Gasteiger charge is 2.24. The highest BCUT2D eigenvalue weighted by molar-refractivity contribution is 9.10. The molecule has 1 amide bonds. The molecule has 0 aliphatic carbocycles. The number of nitrogens with one attached hydrogen (secondary N) is 1.